The van der Waals surface area contributed by atoms with Gasteiger partial charge in [0.15, 0.2) is 0 Å². The van der Waals surface area contributed by atoms with E-state index in [-0.39, 0.29) is 16.9 Å². The molecule has 0 atom stereocenters. The van der Waals surface area contributed by atoms with Crippen LogP contribution in [0.4, 0.5) is 5.69 Å². The summed E-state index contributed by atoms with van der Waals surface area (Å²) in [5.41, 5.74) is 2.13. The molecule has 3 aromatic carbocycles. The summed E-state index contributed by atoms with van der Waals surface area (Å²) < 4.78 is 7.10. The van der Waals surface area contributed by atoms with E-state index in [4.69, 9.17) is 4.74 Å². The molecule has 0 fully saturated rings. The summed E-state index contributed by atoms with van der Waals surface area (Å²) in [6.45, 7) is 0. The van der Waals surface area contributed by atoms with Crippen molar-refractivity contribution < 1.29 is 9.53 Å². The molecule has 144 valence electrons. The van der Waals surface area contributed by atoms with Gasteiger partial charge in [-0.15, -0.1) is 0 Å². The molecular weight excluding hydrogens is 364 g/mol. The zero-order valence-corrected chi connectivity index (χ0v) is 16.2. The molecule has 0 aliphatic heterocycles. The standard InChI is InChI=1S/C24H20N2O3/c1-25(17-8-4-3-5-9-17)24(28)21-16-26(18-12-14-19(29-2)15-13-18)22-11-7-6-10-20(22)23(21)27/h3-16H,1-2H3. The summed E-state index contributed by atoms with van der Waals surface area (Å²) in [6, 6.07) is 24.0. The van der Waals surface area contributed by atoms with Crippen molar-refractivity contribution in [2.45, 2.75) is 0 Å². The molecule has 0 saturated carbocycles. The fourth-order valence-corrected chi connectivity index (χ4v) is 3.34. The van der Waals surface area contributed by atoms with Gasteiger partial charge in [0.2, 0.25) is 5.43 Å². The lowest BCUT2D eigenvalue weighted by Gasteiger charge is -2.19. The van der Waals surface area contributed by atoms with Gasteiger partial charge in [-0.05, 0) is 48.5 Å². The molecule has 1 heterocycles. The fraction of sp³-hybridized carbons (Fsp3) is 0.0833. The van der Waals surface area contributed by atoms with E-state index < -0.39 is 0 Å². The summed E-state index contributed by atoms with van der Waals surface area (Å²) >= 11 is 0. The molecule has 0 saturated heterocycles. The van der Waals surface area contributed by atoms with Crippen molar-refractivity contribution in [1.82, 2.24) is 4.57 Å². The summed E-state index contributed by atoms with van der Waals surface area (Å²) in [7, 11) is 3.28. The molecular formula is C24H20N2O3. The van der Waals surface area contributed by atoms with Gasteiger partial charge in [0.1, 0.15) is 11.3 Å². The van der Waals surface area contributed by atoms with E-state index in [0.717, 1.165) is 22.6 Å². The summed E-state index contributed by atoms with van der Waals surface area (Å²) in [5.74, 6) is 0.383. The second-order valence-electron chi connectivity index (χ2n) is 6.66. The Bertz CT molecular complexity index is 1230. The quantitative estimate of drug-likeness (QED) is 0.528. The number of para-hydroxylation sites is 2. The number of nitrogens with zero attached hydrogens (tertiary/aromatic N) is 2. The Morgan fingerprint density at radius 2 is 1.55 bits per heavy atom. The van der Waals surface area contributed by atoms with Crippen LogP contribution in [0.5, 0.6) is 5.75 Å². The summed E-state index contributed by atoms with van der Waals surface area (Å²) in [5, 5.41) is 0.496. The minimum atomic E-state index is -0.353. The number of carbonyl (C=O) groups is 1. The molecule has 0 radical (unpaired) electrons. The number of ether oxygens (including phenoxy) is 1. The summed E-state index contributed by atoms with van der Waals surface area (Å²) in [6.07, 6.45) is 1.62. The van der Waals surface area contributed by atoms with Crippen LogP contribution < -0.4 is 15.1 Å². The molecule has 0 spiro atoms. The first-order chi connectivity index (χ1) is 14.1. The molecule has 29 heavy (non-hydrogen) atoms. The molecule has 0 bridgehead atoms. The first kappa shape index (κ1) is 18.5. The van der Waals surface area contributed by atoms with Crippen LogP contribution in [-0.2, 0) is 0 Å². The number of pyridine rings is 1. The van der Waals surface area contributed by atoms with Crippen LogP contribution in [0.25, 0.3) is 16.6 Å². The van der Waals surface area contributed by atoms with Crippen LogP contribution in [0.15, 0.2) is 89.9 Å². The average molecular weight is 384 g/mol. The highest BCUT2D eigenvalue weighted by atomic mass is 16.5. The molecule has 1 amide bonds. The predicted molar refractivity (Wildman–Crippen MR) is 115 cm³/mol. The molecule has 0 unspecified atom stereocenters. The molecule has 0 aliphatic rings. The van der Waals surface area contributed by atoms with Gasteiger partial charge < -0.3 is 14.2 Å². The van der Waals surface area contributed by atoms with Crippen LogP contribution in [0.1, 0.15) is 10.4 Å². The normalized spacial score (nSPS) is 10.7. The lowest BCUT2D eigenvalue weighted by molar-refractivity contribution is 0.0991. The van der Waals surface area contributed by atoms with Crippen molar-refractivity contribution in [3.63, 3.8) is 0 Å². The van der Waals surface area contributed by atoms with Gasteiger partial charge in [-0.3, -0.25) is 9.59 Å². The van der Waals surface area contributed by atoms with E-state index in [9.17, 15) is 9.59 Å². The highest BCUT2D eigenvalue weighted by Gasteiger charge is 2.20. The van der Waals surface area contributed by atoms with Crippen molar-refractivity contribution >= 4 is 22.5 Å². The number of anilines is 1. The number of carbonyl (C=O) groups excluding carboxylic acids is 1. The SMILES string of the molecule is COc1ccc(-n2cc(C(=O)N(C)c3ccccc3)c(=O)c3ccccc32)cc1. The lowest BCUT2D eigenvalue weighted by Crippen LogP contribution is -2.31. The second kappa shape index (κ2) is 7.64. The number of hydrogen-bond acceptors (Lipinski definition) is 3. The number of amides is 1. The predicted octanol–water partition coefficient (Wildman–Crippen LogP) is 4.28. The van der Waals surface area contributed by atoms with Gasteiger partial charge in [-0.1, -0.05) is 30.3 Å². The Morgan fingerprint density at radius 1 is 0.897 bits per heavy atom. The number of benzene rings is 3. The van der Waals surface area contributed by atoms with Crippen LogP contribution in [0.3, 0.4) is 0 Å². The third-order valence-electron chi connectivity index (χ3n) is 4.94. The van der Waals surface area contributed by atoms with Crippen LogP contribution in [0, 0.1) is 0 Å². The van der Waals surface area contributed by atoms with Gasteiger partial charge >= 0.3 is 0 Å². The number of fused-ring (bicyclic) bond motifs is 1. The lowest BCUT2D eigenvalue weighted by atomic mass is 10.1. The minimum absolute atomic E-state index is 0.117. The van der Waals surface area contributed by atoms with Gasteiger partial charge in [-0.25, -0.2) is 0 Å². The number of methoxy groups -OCH3 is 1. The molecule has 0 N–H and O–H groups in total. The third-order valence-corrected chi connectivity index (χ3v) is 4.94. The molecule has 4 aromatic rings. The van der Waals surface area contributed by atoms with Crippen LogP contribution in [-0.4, -0.2) is 24.6 Å². The fourth-order valence-electron chi connectivity index (χ4n) is 3.34. The minimum Gasteiger partial charge on any atom is -0.497 e. The maximum atomic E-state index is 13.2. The van der Waals surface area contributed by atoms with Gasteiger partial charge in [0.25, 0.3) is 5.91 Å². The molecule has 4 rings (SSSR count). The molecule has 5 heteroatoms. The zero-order chi connectivity index (χ0) is 20.4. The van der Waals surface area contributed by atoms with Crippen molar-refractivity contribution in [2.24, 2.45) is 0 Å². The third kappa shape index (κ3) is 3.38. The first-order valence-corrected chi connectivity index (χ1v) is 9.22. The van der Waals surface area contributed by atoms with E-state index >= 15 is 0 Å². The van der Waals surface area contributed by atoms with Crippen molar-refractivity contribution in [3.8, 4) is 11.4 Å². The Balaban J connectivity index is 1.90. The van der Waals surface area contributed by atoms with Crippen molar-refractivity contribution in [3.05, 3.63) is 101 Å². The van der Waals surface area contributed by atoms with E-state index in [1.807, 2.05) is 71.3 Å². The second-order valence-corrected chi connectivity index (χ2v) is 6.66. The van der Waals surface area contributed by atoms with Gasteiger partial charge in [-0.2, -0.15) is 0 Å². The van der Waals surface area contributed by atoms with E-state index in [1.165, 1.54) is 4.90 Å². The molecule has 5 nitrogen and oxygen atoms in total. The Kier molecular flexibility index (Phi) is 4.87. The highest BCUT2D eigenvalue weighted by molar-refractivity contribution is 6.07. The van der Waals surface area contributed by atoms with E-state index in [2.05, 4.69) is 0 Å². The number of aromatic nitrogens is 1. The molecule has 0 aliphatic carbocycles. The first-order valence-electron chi connectivity index (χ1n) is 9.22. The van der Waals surface area contributed by atoms with Gasteiger partial charge in [0.05, 0.1) is 12.6 Å². The Hall–Kier alpha value is -3.86. The zero-order valence-electron chi connectivity index (χ0n) is 16.2. The topological polar surface area (TPSA) is 51.5 Å². The van der Waals surface area contributed by atoms with Gasteiger partial charge in [0, 0.05) is 30.0 Å². The smallest absolute Gasteiger partial charge is 0.263 e. The monoisotopic (exact) mass is 384 g/mol. The van der Waals surface area contributed by atoms with Crippen LogP contribution in [0.2, 0.25) is 0 Å². The maximum absolute atomic E-state index is 13.2. The van der Waals surface area contributed by atoms with Crippen molar-refractivity contribution in [2.75, 3.05) is 19.1 Å². The average Bonchev–Trinajstić information content (AvgIpc) is 2.79. The van der Waals surface area contributed by atoms with Crippen molar-refractivity contribution in [1.29, 1.82) is 0 Å². The number of hydrogen-bond donors (Lipinski definition) is 0. The largest absolute Gasteiger partial charge is 0.497 e. The van der Waals surface area contributed by atoms with Crippen LogP contribution >= 0.6 is 0 Å². The number of rotatable bonds is 4. The maximum Gasteiger partial charge on any atom is 0.263 e. The van der Waals surface area contributed by atoms with E-state index in [1.54, 1.807) is 32.5 Å². The summed E-state index contributed by atoms with van der Waals surface area (Å²) in [4.78, 5) is 27.8. The highest BCUT2D eigenvalue weighted by Crippen LogP contribution is 2.21. The Morgan fingerprint density at radius 3 is 2.24 bits per heavy atom. The van der Waals surface area contributed by atoms with E-state index in [0.29, 0.717) is 5.39 Å². The molecule has 1 aromatic heterocycles. The Labute approximate surface area is 168 Å².